The van der Waals surface area contributed by atoms with Crippen LogP contribution in [-0.4, -0.2) is 54.6 Å². The molecule has 56 heavy (non-hydrogen) atoms. The SMILES string of the molecule is COc1cccc(-c2cc(-c3ccccc3)nc(SC3CC(=O)N(c4ccc(C(=O)OCC(=O)c5ccc(-c6ccccc6)cc5)cc4)C3=O)c2C#N)c1OC. The Morgan fingerprint density at radius 3 is 2.05 bits per heavy atom. The molecular weight excluding hydrogens is 727 g/mol. The number of esters is 1. The van der Waals surface area contributed by atoms with Gasteiger partial charge >= 0.3 is 5.97 Å². The monoisotopic (exact) mass is 759 g/mol. The molecule has 11 heteroatoms. The number of aromatic nitrogens is 1. The van der Waals surface area contributed by atoms with Gasteiger partial charge in [-0.2, -0.15) is 5.26 Å². The third-order valence-electron chi connectivity index (χ3n) is 9.23. The highest BCUT2D eigenvalue weighted by Gasteiger charge is 2.41. The minimum absolute atomic E-state index is 0.137. The van der Waals surface area contributed by atoms with Crippen molar-refractivity contribution in [2.75, 3.05) is 25.7 Å². The molecule has 0 radical (unpaired) electrons. The lowest BCUT2D eigenvalue weighted by Gasteiger charge is -2.18. The topological polar surface area (TPSA) is 136 Å². The number of pyridine rings is 1. The van der Waals surface area contributed by atoms with Crippen LogP contribution in [0, 0.1) is 11.3 Å². The van der Waals surface area contributed by atoms with Crippen LogP contribution in [0.4, 0.5) is 5.69 Å². The van der Waals surface area contributed by atoms with E-state index in [2.05, 4.69) is 6.07 Å². The van der Waals surface area contributed by atoms with E-state index in [0.717, 1.165) is 33.4 Å². The molecule has 1 fully saturated rings. The van der Waals surface area contributed by atoms with Crippen molar-refractivity contribution in [3.8, 4) is 51.1 Å². The Bertz CT molecular complexity index is 2480. The Hall–Kier alpha value is -7.03. The van der Waals surface area contributed by atoms with Crippen molar-refractivity contribution in [2.24, 2.45) is 0 Å². The lowest BCUT2D eigenvalue weighted by atomic mass is 9.98. The highest BCUT2D eigenvalue weighted by molar-refractivity contribution is 8.00. The molecule has 1 atom stereocenters. The van der Waals surface area contributed by atoms with Gasteiger partial charge in [0.15, 0.2) is 23.9 Å². The average molecular weight is 760 g/mol. The maximum Gasteiger partial charge on any atom is 0.338 e. The first-order chi connectivity index (χ1) is 27.3. The second-order valence-corrected chi connectivity index (χ2v) is 13.8. The number of Topliss-reactive ketones (excluding diaryl/α,β-unsaturated/α-hetero) is 1. The van der Waals surface area contributed by atoms with Crippen molar-refractivity contribution in [3.63, 3.8) is 0 Å². The molecule has 276 valence electrons. The van der Waals surface area contributed by atoms with E-state index in [-0.39, 0.29) is 34.0 Å². The van der Waals surface area contributed by atoms with Crippen molar-refractivity contribution < 1.29 is 33.4 Å². The minimum atomic E-state index is -0.884. The van der Waals surface area contributed by atoms with Crippen molar-refractivity contribution in [3.05, 3.63) is 150 Å². The third-order valence-corrected chi connectivity index (χ3v) is 10.4. The van der Waals surface area contributed by atoms with E-state index in [0.29, 0.717) is 33.9 Å². The van der Waals surface area contributed by atoms with Gasteiger partial charge in [0, 0.05) is 28.7 Å². The lowest BCUT2D eigenvalue weighted by molar-refractivity contribution is -0.121. The van der Waals surface area contributed by atoms with Crippen molar-refractivity contribution in [1.29, 1.82) is 5.26 Å². The van der Waals surface area contributed by atoms with E-state index in [1.807, 2.05) is 78.9 Å². The summed E-state index contributed by atoms with van der Waals surface area (Å²) in [5, 5.41) is 9.88. The lowest BCUT2D eigenvalue weighted by Crippen LogP contribution is -2.31. The summed E-state index contributed by atoms with van der Waals surface area (Å²) in [7, 11) is 3.05. The van der Waals surface area contributed by atoms with E-state index in [1.165, 1.54) is 38.5 Å². The Morgan fingerprint density at radius 2 is 1.41 bits per heavy atom. The van der Waals surface area contributed by atoms with E-state index < -0.39 is 29.6 Å². The standard InChI is InChI=1S/C45H33N3O7S/c1-53-39-15-9-14-34(42(39)54-2)35-24-37(30-12-7-4-8-13-30)47-43(36(35)26-46)56-40-25-41(50)48(44(40)51)33-22-20-32(21-23-33)45(52)55-27-38(49)31-18-16-29(17-19-31)28-10-5-3-6-11-28/h3-24,40H,25,27H2,1-2H3. The minimum Gasteiger partial charge on any atom is -0.493 e. The summed E-state index contributed by atoms with van der Waals surface area (Å²) in [4.78, 5) is 58.7. The molecule has 7 rings (SSSR count). The molecule has 0 N–H and O–H groups in total. The molecule has 2 amide bonds. The van der Waals surface area contributed by atoms with Crippen LogP contribution in [-0.2, 0) is 14.3 Å². The number of carbonyl (C=O) groups excluding carboxylic acids is 4. The smallest absolute Gasteiger partial charge is 0.338 e. The number of para-hydroxylation sites is 1. The first-order valence-electron chi connectivity index (χ1n) is 17.5. The van der Waals surface area contributed by atoms with Gasteiger partial charge in [0.25, 0.3) is 0 Å². The summed E-state index contributed by atoms with van der Waals surface area (Å²) >= 11 is 1.04. The number of thioether (sulfide) groups is 1. The van der Waals surface area contributed by atoms with Crippen molar-refractivity contribution in [1.82, 2.24) is 4.98 Å². The summed E-state index contributed by atoms with van der Waals surface area (Å²) < 4.78 is 16.5. The molecule has 1 aliphatic heterocycles. The van der Waals surface area contributed by atoms with E-state index >= 15 is 0 Å². The summed E-state index contributed by atoms with van der Waals surface area (Å²) in [6.07, 6.45) is -0.137. The number of anilines is 1. The number of nitrogens with zero attached hydrogens (tertiary/aromatic N) is 3. The Kier molecular flexibility index (Phi) is 11.0. The molecule has 0 spiro atoms. The number of imide groups is 1. The highest BCUT2D eigenvalue weighted by atomic mass is 32.2. The molecule has 10 nitrogen and oxygen atoms in total. The number of ketones is 1. The van der Waals surface area contributed by atoms with Gasteiger partial charge in [-0.3, -0.25) is 14.4 Å². The van der Waals surface area contributed by atoms with Gasteiger partial charge < -0.3 is 14.2 Å². The van der Waals surface area contributed by atoms with Crippen LogP contribution in [0.1, 0.15) is 32.7 Å². The summed E-state index contributed by atoms with van der Waals surface area (Å²) in [6.45, 7) is -0.455. The van der Waals surface area contributed by atoms with Crippen LogP contribution in [0.15, 0.2) is 138 Å². The third kappa shape index (κ3) is 7.64. The van der Waals surface area contributed by atoms with Crippen molar-refractivity contribution in [2.45, 2.75) is 16.7 Å². The summed E-state index contributed by atoms with van der Waals surface area (Å²) in [5.41, 5.74) is 5.49. The molecule has 5 aromatic carbocycles. The second-order valence-electron chi connectivity index (χ2n) is 12.6. The van der Waals surface area contributed by atoms with Crippen LogP contribution >= 0.6 is 11.8 Å². The van der Waals surface area contributed by atoms with Gasteiger partial charge in [0.1, 0.15) is 11.1 Å². The number of hydrogen-bond acceptors (Lipinski definition) is 10. The molecule has 0 aliphatic carbocycles. The largest absolute Gasteiger partial charge is 0.493 e. The van der Waals surface area contributed by atoms with Gasteiger partial charge in [-0.05, 0) is 47.5 Å². The van der Waals surface area contributed by atoms with Gasteiger partial charge in [0.05, 0.1) is 42.0 Å². The fourth-order valence-electron chi connectivity index (χ4n) is 6.41. The second kappa shape index (κ2) is 16.5. The molecule has 1 aliphatic rings. The highest BCUT2D eigenvalue weighted by Crippen LogP contribution is 2.44. The molecule has 0 saturated carbocycles. The molecule has 1 aromatic heterocycles. The van der Waals surface area contributed by atoms with Crippen LogP contribution < -0.4 is 14.4 Å². The number of methoxy groups -OCH3 is 2. The Labute approximate surface area is 327 Å². The van der Waals surface area contributed by atoms with Crippen LogP contribution in [0.3, 0.4) is 0 Å². The van der Waals surface area contributed by atoms with Gasteiger partial charge in [-0.1, -0.05) is 109 Å². The molecule has 2 heterocycles. The zero-order valence-corrected chi connectivity index (χ0v) is 31.1. The maximum absolute atomic E-state index is 13.9. The van der Waals surface area contributed by atoms with Crippen LogP contribution in [0.2, 0.25) is 0 Å². The summed E-state index contributed by atoms with van der Waals surface area (Å²) in [5.74, 6) is -1.11. The molecular formula is C45H33N3O7S. The number of benzene rings is 5. The Morgan fingerprint density at radius 1 is 0.768 bits per heavy atom. The molecule has 6 aromatic rings. The van der Waals surface area contributed by atoms with E-state index in [4.69, 9.17) is 19.2 Å². The van der Waals surface area contributed by atoms with E-state index in [1.54, 1.807) is 30.3 Å². The average Bonchev–Trinajstić information content (AvgIpc) is 3.53. The van der Waals surface area contributed by atoms with Gasteiger partial charge in [0.2, 0.25) is 11.8 Å². The fourth-order valence-corrected chi connectivity index (χ4v) is 7.54. The molecule has 0 bridgehead atoms. The quantitative estimate of drug-likeness (QED) is 0.0680. The molecule has 1 unspecified atom stereocenters. The predicted molar refractivity (Wildman–Crippen MR) is 213 cm³/mol. The first-order valence-corrected chi connectivity index (χ1v) is 18.4. The van der Waals surface area contributed by atoms with Gasteiger partial charge in [-0.15, -0.1) is 0 Å². The fraction of sp³-hybridized carbons (Fsp3) is 0.111. The number of ether oxygens (including phenoxy) is 3. The first kappa shape index (κ1) is 37.3. The van der Waals surface area contributed by atoms with Crippen LogP contribution in [0.5, 0.6) is 11.5 Å². The van der Waals surface area contributed by atoms with E-state index in [9.17, 15) is 24.4 Å². The predicted octanol–water partition coefficient (Wildman–Crippen LogP) is 8.44. The zero-order valence-electron chi connectivity index (χ0n) is 30.3. The summed E-state index contributed by atoms with van der Waals surface area (Å²) in [6, 6.07) is 41.5. The number of nitriles is 1. The number of carbonyl (C=O) groups is 4. The number of rotatable bonds is 12. The number of hydrogen-bond donors (Lipinski definition) is 0. The normalized spacial score (nSPS) is 13.6. The van der Waals surface area contributed by atoms with Crippen LogP contribution in [0.25, 0.3) is 33.5 Å². The zero-order chi connectivity index (χ0) is 39.2. The molecule has 1 saturated heterocycles. The van der Waals surface area contributed by atoms with Crippen molar-refractivity contribution >= 4 is 41.0 Å². The maximum atomic E-state index is 13.9. The number of amides is 2. The Balaban J connectivity index is 1.07. The van der Waals surface area contributed by atoms with Gasteiger partial charge in [-0.25, -0.2) is 14.7 Å².